The molecule has 7 saturated heterocycles. The summed E-state index contributed by atoms with van der Waals surface area (Å²) in [7, 11) is 0. The minimum absolute atomic E-state index is 0.0129. The second-order valence-electron chi connectivity index (χ2n) is 38.9. The molecule has 3 aromatic heterocycles. The lowest BCUT2D eigenvalue weighted by atomic mass is 9.65. The average molecular weight is 1580 g/mol. The third kappa shape index (κ3) is 15.6. The number of allylic oxidation sites excluding steroid dienone is 5. The zero-order valence-electron chi connectivity index (χ0n) is 68.9. The summed E-state index contributed by atoms with van der Waals surface area (Å²) < 4.78 is 6.17. The second-order valence-corrected chi connectivity index (χ2v) is 38.9. The van der Waals surface area contributed by atoms with Gasteiger partial charge in [-0.1, -0.05) is 127 Å². The molecule has 9 aliphatic heterocycles. The number of likely N-dealkylation sites (tertiary alicyclic amines) is 1. The Morgan fingerprint density at radius 2 is 0.855 bits per heavy atom. The maximum Gasteiger partial charge on any atom is 0.323 e. The summed E-state index contributed by atoms with van der Waals surface area (Å²) >= 11 is 0. The van der Waals surface area contributed by atoms with Crippen molar-refractivity contribution in [3.63, 3.8) is 0 Å². The molecule has 12 heterocycles. The van der Waals surface area contributed by atoms with Gasteiger partial charge in [-0.2, -0.15) is 0 Å². The number of carboxylic acid groups (broad SMARTS) is 2. The molecular formula is C97H123N13O7. The van der Waals surface area contributed by atoms with Crippen LogP contribution in [0.5, 0.6) is 0 Å². The van der Waals surface area contributed by atoms with Gasteiger partial charge in [0.15, 0.2) is 11.4 Å². The van der Waals surface area contributed by atoms with Crippen molar-refractivity contribution in [3.05, 3.63) is 182 Å². The fourth-order valence-electron chi connectivity index (χ4n) is 27.3. The van der Waals surface area contributed by atoms with Crippen LogP contribution in [0, 0.1) is 41.4 Å². The number of aliphatic imine (C=N–C) groups is 1. The number of hydrogen-bond donors (Lipinski definition) is 3. The van der Waals surface area contributed by atoms with Gasteiger partial charge >= 0.3 is 11.9 Å². The number of nitrogens with one attached hydrogen (secondary N) is 1. The standard InChI is InChI=1S/C34H46N4O3.C33H40N4O3.C30H37N5O/c1-21-13-23-15-24(14-21)17-27(16-23)37-25-8-6-9-26(37)19-28(18-25)38-30-11-4-3-10-29(30)35-33(34(38)41)31-12-5-7-22(2)36(31)20-32(39)40;1-21-7-4-14-30(35(21)20-31(38)39)32-33(40)37(29-13-3-2-12-28(29)34-32)27-18-24-10-6-11-25(19-27)36(24)26-16-22-8-5-9-23(15-22)17-26;1-19-17-31-18-27(32-19)29-30(36)35(28-11-3-2-10-26(28)33-29)25-15-22-8-5-9-23(16-25)34(22)24-13-20-6-4-7-21(12-20)14-24/h3-4,10-11,21,23-28,31H,2,5-9,12-20H2,1H3,(H,39,40);2-4,7,12-14,22-27H,1,5-6,8-11,15-20H2,(H,38,39);2-3,10-11,17-18,20-25,32H,1,4-9,12-16H2. The van der Waals surface area contributed by atoms with Crippen LogP contribution in [0.1, 0.15) is 273 Å². The van der Waals surface area contributed by atoms with E-state index < -0.39 is 11.9 Å². The molecule has 6 saturated carbocycles. The van der Waals surface area contributed by atoms with Crippen LogP contribution in [-0.2, 0) is 9.59 Å². The van der Waals surface area contributed by atoms with Crippen molar-refractivity contribution in [3.8, 4) is 0 Å². The summed E-state index contributed by atoms with van der Waals surface area (Å²) in [6.07, 6.45) is 52.6. The molecule has 20 nitrogen and oxygen atoms in total. The molecule has 13 fully saturated rings. The van der Waals surface area contributed by atoms with Crippen LogP contribution in [0.2, 0.25) is 0 Å². The zero-order chi connectivity index (χ0) is 79.9. The summed E-state index contributed by atoms with van der Waals surface area (Å²) in [6, 6.07) is 29.6. The molecule has 13 unspecified atom stereocenters. The predicted octanol–water partition coefficient (Wildman–Crippen LogP) is 17.4. The van der Waals surface area contributed by atoms with Gasteiger partial charge in [-0.05, 0) is 257 Å². The maximum atomic E-state index is 14.5. The van der Waals surface area contributed by atoms with Gasteiger partial charge in [-0.3, -0.25) is 43.7 Å². The highest BCUT2D eigenvalue weighted by atomic mass is 16.4. The van der Waals surface area contributed by atoms with Crippen LogP contribution in [0.4, 0.5) is 0 Å². The molecule has 12 bridgehead atoms. The molecule has 13 atom stereocenters. The molecule has 618 valence electrons. The average Bonchev–Trinajstić information content (AvgIpc) is 0.749. The lowest BCUT2D eigenvalue weighted by molar-refractivity contribution is -0.139. The van der Waals surface area contributed by atoms with Crippen molar-refractivity contribution in [2.24, 2.45) is 46.4 Å². The van der Waals surface area contributed by atoms with Gasteiger partial charge in [0.2, 0.25) is 0 Å². The Balaban J connectivity index is 0.000000117. The van der Waals surface area contributed by atoms with Crippen molar-refractivity contribution in [2.45, 2.75) is 310 Å². The van der Waals surface area contributed by atoms with E-state index in [1.54, 1.807) is 29.5 Å². The van der Waals surface area contributed by atoms with E-state index in [4.69, 9.17) is 15.0 Å². The Bertz CT molecular complexity index is 5070. The fraction of sp³-hybridized carbons (Fsp3) is 0.598. The topological polar surface area (TPSA) is 220 Å². The lowest BCUT2D eigenvalue weighted by Crippen LogP contribution is -2.59. The minimum Gasteiger partial charge on any atom is -0.480 e. The Kier molecular flexibility index (Phi) is 22.2. The monoisotopic (exact) mass is 1580 g/mol. The van der Waals surface area contributed by atoms with Crippen molar-refractivity contribution in [2.75, 3.05) is 13.1 Å². The van der Waals surface area contributed by atoms with E-state index in [1.165, 1.54) is 167 Å². The van der Waals surface area contributed by atoms with Crippen molar-refractivity contribution in [1.82, 2.24) is 58.5 Å². The molecule has 6 aliphatic carbocycles. The van der Waals surface area contributed by atoms with Crippen molar-refractivity contribution < 1.29 is 19.8 Å². The number of nitrogens with zero attached hydrogens (tertiary/aromatic N) is 12. The smallest absolute Gasteiger partial charge is 0.323 e. The summed E-state index contributed by atoms with van der Waals surface area (Å²) in [5.74, 6) is 4.52. The highest BCUT2D eigenvalue weighted by Gasteiger charge is 2.51. The van der Waals surface area contributed by atoms with Crippen LogP contribution >= 0.6 is 0 Å². The Hall–Kier alpha value is -8.59. The number of rotatable bonds is 13. The van der Waals surface area contributed by atoms with E-state index >= 15 is 0 Å². The van der Waals surface area contributed by atoms with E-state index in [2.05, 4.69) is 66.9 Å². The number of fused-ring (bicyclic) bond motifs is 15. The maximum absolute atomic E-state index is 14.5. The predicted molar refractivity (Wildman–Crippen MR) is 462 cm³/mol. The third-order valence-corrected chi connectivity index (χ3v) is 31.4. The Labute approximate surface area is 689 Å². The Morgan fingerprint density at radius 1 is 0.444 bits per heavy atom. The number of aromatic nitrogens is 6. The second kappa shape index (κ2) is 33.2. The number of carbonyl (C=O) groups is 2. The van der Waals surface area contributed by atoms with Crippen LogP contribution in [0.3, 0.4) is 0 Å². The van der Waals surface area contributed by atoms with E-state index in [9.17, 15) is 34.2 Å². The summed E-state index contributed by atoms with van der Waals surface area (Å²) in [4.78, 5) is 97.4. The zero-order valence-corrected chi connectivity index (χ0v) is 68.9. The molecule has 3 aromatic carbocycles. The van der Waals surface area contributed by atoms with Crippen LogP contribution in [0.15, 0.2) is 153 Å². The van der Waals surface area contributed by atoms with Gasteiger partial charge in [0.05, 0.1) is 56.7 Å². The lowest BCUT2D eigenvalue weighted by Gasteiger charge is -2.56. The van der Waals surface area contributed by atoms with E-state index in [-0.39, 0.29) is 53.9 Å². The summed E-state index contributed by atoms with van der Waals surface area (Å²) in [5.41, 5.74) is 9.41. The molecule has 117 heavy (non-hydrogen) atoms. The van der Waals surface area contributed by atoms with Crippen LogP contribution < -0.4 is 22.0 Å². The number of piperidine rings is 7. The molecule has 0 amide bonds. The van der Waals surface area contributed by atoms with Gasteiger partial charge in [-0.15, -0.1) is 0 Å². The first kappa shape index (κ1) is 78.3. The van der Waals surface area contributed by atoms with Crippen molar-refractivity contribution in [1.29, 1.82) is 0 Å². The first-order valence-electron chi connectivity index (χ1n) is 45.7. The summed E-state index contributed by atoms with van der Waals surface area (Å²) in [5, 5.41) is 22.4. The van der Waals surface area contributed by atoms with E-state index in [1.807, 2.05) is 82.3 Å². The quantitative estimate of drug-likeness (QED) is 0.0979. The minimum atomic E-state index is -0.976. The molecule has 21 rings (SSSR count). The summed E-state index contributed by atoms with van der Waals surface area (Å²) in [6.45, 7) is 14.2. The molecule has 0 spiro atoms. The van der Waals surface area contributed by atoms with Gasteiger partial charge in [0.1, 0.15) is 18.8 Å². The third-order valence-electron chi connectivity index (χ3n) is 31.4. The molecule has 3 N–H and O–H groups in total. The highest BCUT2D eigenvalue weighted by Crippen LogP contribution is 2.53. The number of benzene rings is 3. The van der Waals surface area contributed by atoms with Crippen LogP contribution in [-0.4, -0.2) is 149 Å². The molecule has 0 radical (unpaired) electrons. The molecular weight excluding hydrogens is 1460 g/mol. The SMILES string of the molecule is C=C1C=CC=C(c2nc3ccccc3n(C3CC4CCCC(C3)N4C3CC4CCCC(C4)C3)c2=O)N1CC(=O)O.C=C1C=NC=C(c2nc3ccccc3n(C3CC4CCCC(C3)N4C3CC4CCCC(C4)C3)c2=O)N1.C=C1CCCC(c2nc3ccccc3n(C3CC4CCCC(C3)N4C3CC4CC(C)CC(C4)C3)c2=O)N1CC(=O)O. The fourth-order valence-corrected chi connectivity index (χ4v) is 27.3. The number of aliphatic carboxylic acids is 2. The Morgan fingerprint density at radius 3 is 1.32 bits per heavy atom. The largest absolute Gasteiger partial charge is 0.480 e. The van der Waals surface area contributed by atoms with E-state index in [0.29, 0.717) is 88.2 Å². The highest BCUT2D eigenvalue weighted by molar-refractivity contribution is 5.86. The first-order valence-corrected chi connectivity index (χ1v) is 45.7. The molecule has 6 aromatic rings. The number of para-hydroxylation sites is 6. The molecule has 15 aliphatic rings. The molecule has 20 heteroatoms. The normalized spacial score (nSPS) is 34.2. The van der Waals surface area contributed by atoms with Gasteiger partial charge in [-0.25, -0.2) is 15.0 Å². The van der Waals surface area contributed by atoms with E-state index in [0.717, 1.165) is 144 Å². The number of carboxylic acids is 2. The van der Waals surface area contributed by atoms with Crippen molar-refractivity contribution >= 4 is 62.6 Å². The van der Waals surface area contributed by atoms with Crippen LogP contribution in [0.25, 0.3) is 44.5 Å². The number of hydrogen-bond acceptors (Lipinski definition) is 15. The van der Waals surface area contributed by atoms with Gasteiger partial charge in [0, 0.05) is 95.8 Å². The first-order chi connectivity index (χ1) is 56.9. The van der Waals surface area contributed by atoms with Gasteiger partial charge in [0.25, 0.3) is 16.7 Å². The van der Waals surface area contributed by atoms with Gasteiger partial charge < -0.3 is 39.0 Å².